The Morgan fingerprint density at radius 3 is 1.67 bits per heavy atom. The maximum Gasteiger partial charge on any atom is 0.220 e. The Labute approximate surface area is 92.0 Å². The lowest BCUT2D eigenvalue weighted by atomic mass is 9.89. The zero-order chi connectivity index (χ0) is 10.9. The average Bonchev–Trinajstić information content (AvgIpc) is 2.33. The number of hydrogen-bond acceptors (Lipinski definition) is 3. The van der Waals surface area contributed by atoms with Crippen molar-refractivity contribution in [3.63, 3.8) is 0 Å². The highest BCUT2D eigenvalue weighted by atomic mass is 16.1. The summed E-state index contributed by atoms with van der Waals surface area (Å²) < 4.78 is 0. The fourth-order valence-corrected chi connectivity index (χ4v) is 1.99. The highest BCUT2D eigenvalue weighted by Crippen LogP contribution is 2.22. The Balaban J connectivity index is 0.000000162. The average molecular weight is 213 g/mol. The second-order valence-electron chi connectivity index (χ2n) is 4.24. The molecule has 1 heterocycles. The van der Waals surface area contributed by atoms with Gasteiger partial charge < -0.3 is 16.4 Å². The first kappa shape index (κ1) is 12.5. The van der Waals surface area contributed by atoms with Crippen molar-refractivity contribution in [2.45, 2.75) is 32.1 Å². The summed E-state index contributed by atoms with van der Waals surface area (Å²) in [6, 6.07) is 0. The summed E-state index contributed by atoms with van der Waals surface area (Å²) in [6.45, 7) is 4.56. The van der Waals surface area contributed by atoms with Crippen molar-refractivity contribution < 1.29 is 4.79 Å². The topological polar surface area (TPSA) is 67.2 Å². The number of piperazine rings is 1. The fourth-order valence-electron chi connectivity index (χ4n) is 1.99. The molecule has 1 amide bonds. The van der Waals surface area contributed by atoms with Crippen molar-refractivity contribution in [2.75, 3.05) is 26.2 Å². The minimum Gasteiger partial charge on any atom is -0.369 e. The summed E-state index contributed by atoms with van der Waals surface area (Å²) in [5.74, 6) is 0.0912. The van der Waals surface area contributed by atoms with E-state index in [0.717, 1.165) is 39.0 Å². The van der Waals surface area contributed by atoms with Gasteiger partial charge in [-0.05, 0) is 12.8 Å². The van der Waals surface area contributed by atoms with Crippen LogP contribution in [0.25, 0.3) is 0 Å². The van der Waals surface area contributed by atoms with Gasteiger partial charge in [0.25, 0.3) is 0 Å². The van der Waals surface area contributed by atoms with E-state index in [2.05, 4.69) is 10.6 Å². The molecule has 0 aromatic rings. The molecule has 0 aromatic carbocycles. The maximum absolute atomic E-state index is 10.6. The molecular weight excluding hydrogens is 190 g/mol. The molecule has 0 spiro atoms. The molecule has 2 rings (SSSR count). The maximum atomic E-state index is 10.6. The lowest BCUT2D eigenvalue weighted by molar-refractivity contribution is -0.122. The van der Waals surface area contributed by atoms with E-state index in [1.807, 2.05) is 0 Å². The van der Waals surface area contributed by atoms with Gasteiger partial charge in [0.1, 0.15) is 0 Å². The van der Waals surface area contributed by atoms with E-state index >= 15 is 0 Å². The lowest BCUT2D eigenvalue weighted by Crippen LogP contribution is -2.39. The molecule has 1 aliphatic heterocycles. The second-order valence-corrected chi connectivity index (χ2v) is 4.24. The van der Waals surface area contributed by atoms with Gasteiger partial charge in [-0.3, -0.25) is 4.79 Å². The van der Waals surface area contributed by atoms with E-state index < -0.39 is 0 Å². The monoisotopic (exact) mass is 213 g/mol. The van der Waals surface area contributed by atoms with Gasteiger partial charge >= 0.3 is 0 Å². The molecule has 4 heteroatoms. The minimum atomic E-state index is -0.102. The highest BCUT2D eigenvalue weighted by Gasteiger charge is 2.17. The van der Waals surface area contributed by atoms with Gasteiger partial charge in [-0.15, -0.1) is 0 Å². The van der Waals surface area contributed by atoms with Crippen molar-refractivity contribution in [1.29, 1.82) is 0 Å². The van der Waals surface area contributed by atoms with Gasteiger partial charge in [0.15, 0.2) is 0 Å². The second kappa shape index (κ2) is 7.65. The standard InChI is InChI=1S/C7H13NO.C4H10N2/c8-7(9)6-4-2-1-3-5-6;1-2-6-4-3-5-1/h6H,1-5H2,(H2,8,9);5-6H,1-4H2. The van der Waals surface area contributed by atoms with Gasteiger partial charge in [-0.1, -0.05) is 19.3 Å². The molecule has 0 radical (unpaired) electrons. The van der Waals surface area contributed by atoms with Crippen LogP contribution in [-0.4, -0.2) is 32.1 Å². The molecule has 0 aromatic heterocycles. The molecule has 4 N–H and O–H groups in total. The van der Waals surface area contributed by atoms with E-state index in [1.54, 1.807) is 0 Å². The molecule has 0 unspecified atom stereocenters. The van der Waals surface area contributed by atoms with Crippen LogP contribution in [0.5, 0.6) is 0 Å². The third-order valence-corrected chi connectivity index (χ3v) is 2.96. The molecule has 0 atom stereocenters. The number of carbonyl (C=O) groups is 1. The van der Waals surface area contributed by atoms with E-state index in [1.165, 1.54) is 19.3 Å². The van der Waals surface area contributed by atoms with Crippen LogP contribution >= 0.6 is 0 Å². The quantitative estimate of drug-likeness (QED) is 0.584. The number of carbonyl (C=O) groups excluding carboxylic acids is 1. The zero-order valence-electron chi connectivity index (χ0n) is 9.43. The predicted octanol–water partition coefficient (Wildman–Crippen LogP) is 0.231. The molecule has 2 fully saturated rings. The third-order valence-electron chi connectivity index (χ3n) is 2.96. The summed E-state index contributed by atoms with van der Waals surface area (Å²) in [6.07, 6.45) is 5.70. The number of amides is 1. The summed E-state index contributed by atoms with van der Waals surface area (Å²) >= 11 is 0. The fraction of sp³-hybridized carbons (Fsp3) is 0.909. The number of rotatable bonds is 1. The van der Waals surface area contributed by atoms with Gasteiger partial charge in [-0.2, -0.15) is 0 Å². The number of nitrogens with one attached hydrogen (secondary N) is 2. The first-order valence-corrected chi connectivity index (χ1v) is 6.01. The summed E-state index contributed by atoms with van der Waals surface area (Å²) in [7, 11) is 0. The van der Waals surface area contributed by atoms with Crippen LogP contribution in [-0.2, 0) is 4.79 Å². The van der Waals surface area contributed by atoms with Gasteiger partial charge in [-0.25, -0.2) is 0 Å². The summed E-state index contributed by atoms with van der Waals surface area (Å²) in [5, 5.41) is 6.44. The van der Waals surface area contributed by atoms with Gasteiger partial charge in [0.2, 0.25) is 5.91 Å². The number of hydrogen-bond donors (Lipinski definition) is 3. The van der Waals surface area contributed by atoms with Gasteiger partial charge in [0, 0.05) is 32.1 Å². The van der Waals surface area contributed by atoms with E-state index in [4.69, 9.17) is 5.73 Å². The van der Waals surface area contributed by atoms with Crippen LogP contribution in [0, 0.1) is 5.92 Å². The van der Waals surface area contributed by atoms with Crippen LogP contribution in [0.4, 0.5) is 0 Å². The molecule has 1 saturated carbocycles. The van der Waals surface area contributed by atoms with Crippen molar-refractivity contribution in [2.24, 2.45) is 11.7 Å². The predicted molar refractivity (Wildman–Crippen MR) is 61.5 cm³/mol. The minimum absolute atomic E-state index is 0.102. The van der Waals surface area contributed by atoms with Crippen molar-refractivity contribution in [3.8, 4) is 0 Å². The molecule has 88 valence electrons. The Hall–Kier alpha value is -0.610. The largest absolute Gasteiger partial charge is 0.369 e. The van der Waals surface area contributed by atoms with Crippen LogP contribution in [0.1, 0.15) is 32.1 Å². The summed E-state index contributed by atoms with van der Waals surface area (Å²) in [4.78, 5) is 10.6. The van der Waals surface area contributed by atoms with E-state index in [-0.39, 0.29) is 11.8 Å². The SMILES string of the molecule is C1CNCCN1.NC(=O)C1CCCCC1. The third kappa shape index (κ3) is 5.74. The van der Waals surface area contributed by atoms with E-state index in [0.29, 0.717) is 0 Å². The van der Waals surface area contributed by atoms with Crippen molar-refractivity contribution in [3.05, 3.63) is 0 Å². The smallest absolute Gasteiger partial charge is 0.220 e. The Kier molecular flexibility index (Phi) is 6.36. The molecule has 1 aliphatic carbocycles. The van der Waals surface area contributed by atoms with Crippen LogP contribution in [0.15, 0.2) is 0 Å². The zero-order valence-corrected chi connectivity index (χ0v) is 9.43. The van der Waals surface area contributed by atoms with Gasteiger partial charge in [0.05, 0.1) is 0 Å². The first-order chi connectivity index (χ1) is 7.30. The van der Waals surface area contributed by atoms with Crippen LogP contribution in [0.2, 0.25) is 0 Å². The Morgan fingerprint density at radius 2 is 1.40 bits per heavy atom. The highest BCUT2D eigenvalue weighted by molar-refractivity contribution is 5.76. The van der Waals surface area contributed by atoms with Crippen LogP contribution < -0.4 is 16.4 Å². The normalized spacial score (nSPS) is 22.7. The van der Waals surface area contributed by atoms with Crippen LogP contribution in [0.3, 0.4) is 0 Å². The lowest BCUT2D eigenvalue weighted by Gasteiger charge is -2.17. The molecule has 2 aliphatic rings. The van der Waals surface area contributed by atoms with E-state index in [9.17, 15) is 4.79 Å². The molecule has 4 nitrogen and oxygen atoms in total. The first-order valence-electron chi connectivity index (χ1n) is 6.01. The molecule has 15 heavy (non-hydrogen) atoms. The summed E-state index contributed by atoms with van der Waals surface area (Å²) in [5.41, 5.74) is 5.13. The molecule has 0 bridgehead atoms. The van der Waals surface area contributed by atoms with Crippen molar-refractivity contribution >= 4 is 5.91 Å². The number of primary amides is 1. The van der Waals surface area contributed by atoms with Crippen molar-refractivity contribution in [1.82, 2.24) is 10.6 Å². The number of nitrogens with two attached hydrogens (primary N) is 1. The molecular formula is C11H23N3O. The Morgan fingerprint density at radius 1 is 0.933 bits per heavy atom. The Bertz CT molecular complexity index is 163. The molecule has 1 saturated heterocycles.